The van der Waals surface area contributed by atoms with Crippen LogP contribution in [0, 0.1) is 0 Å². The summed E-state index contributed by atoms with van der Waals surface area (Å²) in [6.45, 7) is 3.80. The number of nitrogens with zero attached hydrogens (tertiary/aromatic N) is 1. The number of nitrogens with one attached hydrogen (secondary N) is 1. The Kier molecular flexibility index (Phi) is 4.52. The molecule has 0 radical (unpaired) electrons. The highest BCUT2D eigenvalue weighted by Gasteiger charge is 2.17. The summed E-state index contributed by atoms with van der Waals surface area (Å²) in [5, 5.41) is 7.58. The Bertz CT molecular complexity index is 743. The first-order valence-corrected chi connectivity index (χ1v) is 9.25. The predicted molar refractivity (Wildman–Crippen MR) is 96.8 cm³/mol. The van der Waals surface area contributed by atoms with Gasteiger partial charge >= 0.3 is 0 Å². The Balaban J connectivity index is 1.99. The van der Waals surface area contributed by atoms with Crippen molar-refractivity contribution in [1.82, 2.24) is 4.98 Å². The van der Waals surface area contributed by atoms with E-state index >= 15 is 0 Å². The average molecular weight is 347 g/mol. The van der Waals surface area contributed by atoms with Gasteiger partial charge in [0.2, 0.25) is 5.91 Å². The molecule has 3 heterocycles. The summed E-state index contributed by atoms with van der Waals surface area (Å²) >= 11 is 4.85. The molecule has 0 unspecified atom stereocenters. The van der Waals surface area contributed by atoms with E-state index in [1.165, 1.54) is 16.2 Å². The van der Waals surface area contributed by atoms with Crippen LogP contribution in [-0.2, 0) is 4.79 Å². The number of aromatic nitrogens is 1. The van der Waals surface area contributed by atoms with Crippen LogP contribution in [0.5, 0.6) is 0 Å². The van der Waals surface area contributed by atoms with Crippen molar-refractivity contribution in [3.05, 3.63) is 46.7 Å². The average Bonchev–Trinajstić information content (AvgIpc) is 3.19. The van der Waals surface area contributed by atoms with Gasteiger partial charge in [0, 0.05) is 11.0 Å². The van der Waals surface area contributed by atoms with Crippen LogP contribution in [0.1, 0.15) is 13.8 Å². The van der Waals surface area contributed by atoms with Crippen LogP contribution in [0.4, 0.5) is 5.13 Å². The third kappa shape index (κ3) is 3.35. The molecule has 3 aromatic heterocycles. The van der Waals surface area contributed by atoms with Crippen molar-refractivity contribution < 1.29 is 4.79 Å². The molecule has 6 heteroatoms. The molecule has 0 bridgehead atoms. The van der Waals surface area contributed by atoms with Crippen molar-refractivity contribution >= 4 is 45.0 Å². The van der Waals surface area contributed by atoms with Crippen LogP contribution in [0.3, 0.4) is 0 Å². The quantitative estimate of drug-likeness (QED) is 0.633. The second-order valence-corrected chi connectivity index (χ2v) is 7.76. The molecule has 0 saturated carbocycles. The number of thiazole rings is 1. The lowest BCUT2D eigenvalue weighted by atomic mass is 10.3. The van der Waals surface area contributed by atoms with Gasteiger partial charge in [-0.2, -0.15) is 0 Å². The highest BCUT2D eigenvalue weighted by Crippen LogP contribution is 2.42. The third-order valence-electron chi connectivity index (χ3n) is 2.78. The Morgan fingerprint density at radius 3 is 2.41 bits per heavy atom. The number of hydrogen-bond acceptors (Lipinski definition) is 5. The maximum atomic E-state index is 11.9. The molecule has 1 N–H and O–H groups in total. The van der Waals surface area contributed by atoms with Gasteiger partial charge in [-0.25, -0.2) is 4.98 Å². The smallest absolute Gasteiger partial charge is 0.250 e. The van der Waals surface area contributed by atoms with Crippen molar-refractivity contribution in [2.75, 3.05) is 5.32 Å². The van der Waals surface area contributed by atoms with Gasteiger partial charge in [0.05, 0.1) is 9.75 Å². The predicted octanol–water partition coefficient (Wildman–Crippen LogP) is 5.50. The SMILES string of the molecule is CC(C)=CC(=O)Nc1nc(-c2cccs2)c(-c2cccs2)s1. The standard InChI is InChI=1S/C16H14N2OS3/c1-10(2)9-13(19)17-16-18-14(11-5-3-7-20-11)15(22-16)12-6-4-8-21-12/h3-9H,1-2H3,(H,17,18,19). The van der Waals surface area contributed by atoms with Crippen LogP contribution in [-0.4, -0.2) is 10.9 Å². The van der Waals surface area contributed by atoms with Gasteiger partial charge < -0.3 is 0 Å². The van der Waals surface area contributed by atoms with Gasteiger partial charge in [-0.15, -0.1) is 22.7 Å². The maximum Gasteiger partial charge on any atom is 0.250 e. The molecule has 0 atom stereocenters. The van der Waals surface area contributed by atoms with Crippen LogP contribution >= 0.6 is 34.0 Å². The number of allylic oxidation sites excluding steroid dienone is 1. The third-order valence-corrected chi connectivity index (χ3v) is 5.67. The van der Waals surface area contributed by atoms with Crippen LogP contribution in [0.15, 0.2) is 46.7 Å². The van der Waals surface area contributed by atoms with Crippen molar-refractivity contribution in [1.29, 1.82) is 0 Å². The van der Waals surface area contributed by atoms with E-state index in [4.69, 9.17) is 0 Å². The Morgan fingerprint density at radius 1 is 1.14 bits per heavy atom. The van der Waals surface area contributed by atoms with Gasteiger partial charge in [-0.1, -0.05) is 29.0 Å². The summed E-state index contributed by atoms with van der Waals surface area (Å²) in [4.78, 5) is 19.9. The van der Waals surface area contributed by atoms with Crippen molar-refractivity contribution in [2.24, 2.45) is 0 Å². The van der Waals surface area contributed by atoms with Gasteiger partial charge in [0.15, 0.2) is 5.13 Å². The summed E-state index contributed by atoms with van der Waals surface area (Å²) in [7, 11) is 0. The topological polar surface area (TPSA) is 42.0 Å². The Hall–Kier alpha value is -1.76. The van der Waals surface area contributed by atoms with Gasteiger partial charge in [0.1, 0.15) is 5.69 Å². The summed E-state index contributed by atoms with van der Waals surface area (Å²) < 4.78 is 0. The molecule has 0 saturated heterocycles. The fraction of sp³-hybridized carbons (Fsp3) is 0.125. The normalized spacial score (nSPS) is 10.5. The fourth-order valence-electron chi connectivity index (χ4n) is 1.93. The van der Waals surface area contributed by atoms with Crippen LogP contribution in [0.2, 0.25) is 0 Å². The fourth-order valence-corrected chi connectivity index (χ4v) is 4.55. The number of anilines is 1. The molecule has 0 aromatic carbocycles. The van der Waals surface area contributed by atoms with Crippen LogP contribution in [0.25, 0.3) is 20.3 Å². The molecule has 0 aliphatic heterocycles. The number of rotatable bonds is 4. The second-order valence-electron chi connectivity index (χ2n) is 4.86. The Labute approximate surface area is 141 Å². The molecule has 0 spiro atoms. The zero-order chi connectivity index (χ0) is 15.5. The Morgan fingerprint density at radius 2 is 1.82 bits per heavy atom. The molecule has 3 aromatic rings. The molecule has 0 aliphatic rings. The monoisotopic (exact) mass is 346 g/mol. The lowest BCUT2D eigenvalue weighted by molar-refractivity contribution is -0.111. The van der Waals surface area contributed by atoms with Gasteiger partial charge in [-0.3, -0.25) is 10.1 Å². The molecule has 0 fully saturated rings. The van der Waals surface area contributed by atoms with Crippen molar-refractivity contribution in [3.8, 4) is 20.3 Å². The van der Waals surface area contributed by atoms with Crippen molar-refractivity contribution in [2.45, 2.75) is 13.8 Å². The minimum Gasteiger partial charge on any atom is -0.298 e. The molecule has 3 nitrogen and oxygen atoms in total. The van der Waals surface area contributed by atoms with Crippen molar-refractivity contribution in [3.63, 3.8) is 0 Å². The first-order valence-electron chi connectivity index (χ1n) is 6.68. The van der Waals surface area contributed by atoms with E-state index in [1.54, 1.807) is 28.7 Å². The van der Waals surface area contributed by atoms with E-state index in [9.17, 15) is 4.79 Å². The van der Waals surface area contributed by atoms with E-state index in [2.05, 4.69) is 27.8 Å². The number of thiophene rings is 2. The first kappa shape index (κ1) is 15.1. The lowest BCUT2D eigenvalue weighted by Gasteiger charge is -1.96. The summed E-state index contributed by atoms with van der Waals surface area (Å²) in [5.74, 6) is -0.135. The number of amides is 1. The molecule has 0 aliphatic carbocycles. The highest BCUT2D eigenvalue weighted by atomic mass is 32.1. The molecule has 3 rings (SSSR count). The summed E-state index contributed by atoms with van der Waals surface area (Å²) in [5.41, 5.74) is 1.90. The first-order chi connectivity index (χ1) is 10.6. The highest BCUT2D eigenvalue weighted by molar-refractivity contribution is 7.24. The zero-order valence-corrected chi connectivity index (χ0v) is 14.6. The maximum absolute atomic E-state index is 11.9. The number of hydrogen-bond donors (Lipinski definition) is 1. The van der Waals surface area contributed by atoms with Gasteiger partial charge in [0.25, 0.3) is 0 Å². The largest absolute Gasteiger partial charge is 0.298 e. The lowest BCUT2D eigenvalue weighted by Crippen LogP contribution is -2.07. The molecule has 22 heavy (non-hydrogen) atoms. The second kappa shape index (κ2) is 6.56. The van der Waals surface area contributed by atoms with Gasteiger partial charge in [-0.05, 0) is 36.7 Å². The van der Waals surface area contributed by atoms with E-state index < -0.39 is 0 Å². The molecular weight excluding hydrogens is 332 g/mol. The summed E-state index contributed by atoms with van der Waals surface area (Å²) in [6.07, 6.45) is 1.58. The van der Waals surface area contributed by atoms with Crippen LogP contribution < -0.4 is 5.32 Å². The summed E-state index contributed by atoms with van der Waals surface area (Å²) in [6, 6.07) is 8.17. The number of carbonyl (C=O) groups excluding carboxylic acids is 1. The minimum absolute atomic E-state index is 0.135. The molecule has 112 valence electrons. The minimum atomic E-state index is -0.135. The van der Waals surface area contributed by atoms with E-state index in [0.717, 1.165) is 21.0 Å². The zero-order valence-electron chi connectivity index (χ0n) is 12.1. The molecular formula is C16H14N2OS3. The van der Waals surface area contributed by atoms with E-state index in [0.29, 0.717) is 5.13 Å². The molecule has 1 amide bonds. The number of carbonyl (C=O) groups is 1. The van der Waals surface area contributed by atoms with E-state index in [-0.39, 0.29) is 5.91 Å². The van der Waals surface area contributed by atoms with E-state index in [1.807, 2.05) is 31.4 Å².